The van der Waals surface area contributed by atoms with E-state index in [4.69, 9.17) is 0 Å². The van der Waals surface area contributed by atoms with Gasteiger partial charge in [-0.05, 0) is 29.5 Å². The number of benzene rings is 2. The maximum absolute atomic E-state index is 10.7. The molecule has 2 rings (SSSR count). The first-order chi connectivity index (χ1) is 10.0. The van der Waals surface area contributed by atoms with E-state index in [-0.39, 0.29) is 10.6 Å². The van der Waals surface area contributed by atoms with Gasteiger partial charge in [-0.25, -0.2) is 0 Å². The van der Waals surface area contributed by atoms with Gasteiger partial charge in [0.1, 0.15) is 0 Å². The minimum Gasteiger partial charge on any atom is -0.381 e. The molecule has 21 heavy (non-hydrogen) atoms. The number of nitrogens with zero attached hydrogens (tertiary/aromatic N) is 1. The molecule has 0 unspecified atom stereocenters. The van der Waals surface area contributed by atoms with Crippen LogP contribution in [0.5, 0.6) is 0 Å². The number of nitro groups is 1. The average molecular weight is 284 g/mol. The Labute approximate surface area is 125 Å². The van der Waals surface area contributed by atoms with Gasteiger partial charge < -0.3 is 5.32 Å². The van der Waals surface area contributed by atoms with Gasteiger partial charge in [-0.3, -0.25) is 10.1 Å². The summed E-state index contributed by atoms with van der Waals surface area (Å²) in [4.78, 5) is 10.3. The van der Waals surface area contributed by atoms with Gasteiger partial charge in [-0.2, -0.15) is 0 Å². The largest absolute Gasteiger partial charge is 0.381 e. The molecule has 0 aliphatic rings. The highest BCUT2D eigenvalue weighted by molar-refractivity contribution is 5.51. The lowest BCUT2D eigenvalue weighted by Gasteiger charge is -2.08. The summed E-state index contributed by atoms with van der Waals surface area (Å²) in [6, 6.07) is 15.0. The summed E-state index contributed by atoms with van der Waals surface area (Å²) >= 11 is 0. The number of non-ortho nitro benzene ring substituents is 1. The van der Waals surface area contributed by atoms with Crippen molar-refractivity contribution >= 4 is 11.4 Å². The molecule has 4 heteroatoms. The van der Waals surface area contributed by atoms with Gasteiger partial charge in [0, 0.05) is 24.4 Å². The van der Waals surface area contributed by atoms with Gasteiger partial charge in [0.15, 0.2) is 0 Å². The van der Waals surface area contributed by atoms with Crippen molar-refractivity contribution < 1.29 is 4.92 Å². The third-order valence-electron chi connectivity index (χ3n) is 3.22. The number of nitro benzene ring substituents is 1. The zero-order chi connectivity index (χ0) is 15.2. The maximum atomic E-state index is 10.7. The molecule has 110 valence electrons. The Hall–Kier alpha value is -2.36. The van der Waals surface area contributed by atoms with E-state index in [1.165, 1.54) is 11.6 Å². The highest BCUT2D eigenvalue weighted by Gasteiger charge is 2.05. The molecular formula is C17H20N2O2. The number of hydrogen-bond acceptors (Lipinski definition) is 3. The summed E-state index contributed by atoms with van der Waals surface area (Å²) in [7, 11) is 0. The summed E-state index contributed by atoms with van der Waals surface area (Å²) < 4.78 is 0. The van der Waals surface area contributed by atoms with Crippen molar-refractivity contribution in [3.05, 3.63) is 69.8 Å². The fourth-order valence-corrected chi connectivity index (χ4v) is 2.20. The maximum Gasteiger partial charge on any atom is 0.271 e. The topological polar surface area (TPSA) is 55.2 Å². The monoisotopic (exact) mass is 284 g/mol. The first kappa shape index (κ1) is 15.0. The van der Waals surface area contributed by atoms with E-state index in [1.54, 1.807) is 12.1 Å². The summed E-state index contributed by atoms with van der Waals surface area (Å²) in [6.07, 6.45) is 1.08. The van der Waals surface area contributed by atoms with E-state index >= 15 is 0 Å². The second kappa shape index (κ2) is 6.88. The Morgan fingerprint density at radius 1 is 1.10 bits per heavy atom. The zero-order valence-corrected chi connectivity index (χ0v) is 12.4. The lowest BCUT2D eigenvalue weighted by molar-refractivity contribution is -0.384. The van der Waals surface area contributed by atoms with E-state index in [9.17, 15) is 10.1 Å². The van der Waals surface area contributed by atoms with Crippen LogP contribution in [-0.2, 0) is 13.0 Å². The van der Waals surface area contributed by atoms with Gasteiger partial charge in [-0.15, -0.1) is 0 Å². The molecule has 0 amide bonds. The summed E-state index contributed by atoms with van der Waals surface area (Å²) in [5, 5.41) is 13.9. The van der Waals surface area contributed by atoms with Crippen molar-refractivity contribution in [1.29, 1.82) is 0 Å². The predicted octanol–water partition coefficient (Wildman–Crippen LogP) is 4.41. The molecule has 2 aromatic carbocycles. The van der Waals surface area contributed by atoms with Crippen LogP contribution in [0.1, 0.15) is 25.0 Å². The molecule has 0 atom stereocenters. The van der Waals surface area contributed by atoms with Crippen LogP contribution in [0, 0.1) is 16.0 Å². The Morgan fingerprint density at radius 3 is 2.38 bits per heavy atom. The normalized spacial score (nSPS) is 10.6. The van der Waals surface area contributed by atoms with Crippen LogP contribution in [0.2, 0.25) is 0 Å². The number of rotatable bonds is 6. The van der Waals surface area contributed by atoms with Crippen LogP contribution in [0.15, 0.2) is 48.5 Å². The molecule has 2 aromatic rings. The highest BCUT2D eigenvalue weighted by Crippen LogP contribution is 2.18. The summed E-state index contributed by atoms with van der Waals surface area (Å²) in [5.74, 6) is 0.652. The Balaban J connectivity index is 1.96. The van der Waals surface area contributed by atoms with E-state index in [0.29, 0.717) is 12.5 Å². The van der Waals surface area contributed by atoms with Crippen molar-refractivity contribution in [1.82, 2.24) is 0 Å². The van der Waals surface area contributed by atoms with Crippen molar-refractivity contribution in [2.45, 2.75) is 26.8 Å². The minimum atomic E-state index is -0.383. The van der Waals surface area contributed by atoms with E-state index in [0.717, 1.165) is 17.7 Å². The number of anilines is 1. The molecule has 0 saturated heterocycles. The fourth-order valence-electron chi connectivity index (χ4n) is 2.20. The smallest absolute Gasteiger partial charge is 0.271 e. The van der Waals surface area contributed by atoms with Crippen LogP contribution >= 0.6 is 0 Å². The molecule has 0 fully saturated rings. The van der Waals surface area contributed by atoms with E-state index in [1.807, 2.05) is 6.07 Å². The van der Waals surface area contributed by atoms with Gasteiger partial charge in [0.25, 0.3) is 5.69 Å². The molecule has 0 saturated carbocycles. The third-order valence-corrected chi connectivity index (χ3v) is 3.22. The predicted molar refractivity (Wildman–Crippen MR) is 85.4 cm³/mol. The quantitative estimate of drug-likeness (QED) is 0.631. The Kier molecular flexibility index (Phi) is 4.93. The summed E-state index contributed by atoms with van der Waals surface area (Å²) in [6.45, 7) is 5.07. The van der Waals surface area contributed by atoms with Gasteiger partial charge in [-0.1, -0.05) is 44.2 Å². The third kappa shape index (κ3) is 4.60. The van der Waals surface area contributed by atoms with Crippen molar-refractivity contribution in [2.75, 3.05) is 5.32 Å². The molecule has 4 nitrogen and oxygen atoms in total. The van der Waals surface area contributed by atoms with Crippen LogP contribution in [0.25, 0.3) is 0 Å². The molecule has 0 aliphatic heterocycles. The zero-order valence-electron chi connectivity index (χ0n) is 12.4. The number of hydrogen-bond donors (Lipinski definition) is 1. The summed E-state index contributed by atoms with van der Waals surface area (Å²) in [5.41, 5.74) is 3.36. The fraction of sp³-hybridized carbons (Fsp3) is 0.294. The molecular weight excluding hydrogens is 264 g/mol. The van der Waals surface area contributed by atoms with Crippen LogP contribution in [0.3, 0.4) is 0 Å². The SMILES string of the molecule is CC(C)Cc1ccc(CNc2cccc([N+](=O)[O-])c2)cc1. The standard InChI is InChI=1S/C17H20N2O2/c1-13(2)10-14-6-8-15(9-7-14)12-18-16-4-3-5-17(11-16)19(20)21/h3-9,11,13,18H,10,12H2,1-2H3. The second-order valence-corrected chi connectivity index (χ2v) is 5.58. The molecule has 0 bridgehead atoms. The lowest BCUT2D eigenvalue weighted by Crippen LogP contribution is -2.00. The molecule has 0 spiro atoms. The van der Waals surface area contributed by atoms with E-state index < -0.39 is 0 Å². The van der Waals surface area contributed by atoms with Crippen LogP contribution < -0.4 is 5.32 Å². The minimum absolute atomic E-state index is 0.104. The molecule has 0 aliphatic carbocycles. The van der Waals surface area contributed by atoms with E-state index in [2.05, 4.69) is 43.4 Å². The van der Waals surface area contributed by atoms with Gasteiger partial charge in [0.05, 0.1) is 4.92 Å². The average Bonchev–Trinajstić information content (AvgIpc) is 2.46. The molecule has 0 radical (unpaired) electrons. The molecule has 1 N–H and O–H groups in total. The van der Waals surface area contributed by atoms with Crippen LogP contribution in [-0.4, -0.2) is 4.92 Å². The van der Waals surface area contributed by atoms with Crippen molar-refractivity contribution in [3.63, 3.8) is 0 Å². The molecule has 0 aromatic heterocycles. The second-order valence-electron chi connectivity index (χ2n) is 5.58. The molecule has 0 heterocycles. The Morgan fingerprint density at radius 2 is 1.76 bits per heavy atom. The Bertz CT molecular complexity index is 606. The first-order valence-electron chi connectivity index (χ1n) is 7.11. The van der Waals surface area contributed by atoms with Gasteiger partial charge >= 0.3 is 0 Å². The lowest BCUT2D eigenvalue weighted by atomic mass is 10.0. The highest BCUT2D eigenvalue weighted by atomic mass is 16.6. The number of nitrogens with one attached hydrogen (secondary N) is 1. The van der Waals surface area contributed by atoms with Crippen molar-refractivity contribution in [2.24, 2.45) is 5.92 Å². The van der Waals surface area contributed by atoms with Crippen molar-refractivity contribution in [3.8, 4) is 0 Å². The van der Waals surface area contributed by atoms with Gasteiger partial charge in [0.2, 0.25) is 0 Å². The van der Waals surface area contributed by atoms with Crippen LogP contribution in [0.4, 0.5) is 11.4 Å². The first-order valence-corrected chi connectivity index (χ1v) is 7.11.